The van der Waals surface area contributed by atoms with Crippen LogP contribution in [0.5, 0.6) is 0 Å². The Morgan fingerprint density at radius 2 is 2.11 bits per heavy atom. The second-order valence-corrected chi connectivity index (χ2v) is 10.8. The average Bonchev–Trinajstić information content (AvgIpc) is 3.32. The first kappa shape index (κ1) is 18.4. The van der Waals surface area contributed by atoms with Gasteiger partial charge in [-0.1, -0.05) is 6.92 Å². The Hall–Kier alpha value is -1.93. The summed E-state index contributed by atoms with van der Waals surface area (Å²) < 4.78 is 28.6. The zero-order chi connectivity index (χ0) is 19.2. The van der Waals surface area contributed by atoms with Crippen LogP contribution in [-0.4, -0.2) is 31.6 Å². The highest BCUT2D eigenvalue weighted by atomic mass is 32.2. The molecule has 0 spiro atoms. The summed E-state index contributed by atoms with van der Waals surface area (Å²) in [5.41, 5.74) is 1.50. The standard InChI is InChI=1S/C19H21NO5S2/c1-11-4-5-13-15(9-11)26-19(16(13)17(21)14-3-2-7-25-14)20-18(22)12-6-8-27(23,24)10-12/h2-3,7,11-12H,4-6,8-10H2,1H3,(H,20,22). The topological polar surface area (TPSA) is 93.5 Å². The van der Waals surface area contributed by atoms with E-state index in [1.165, 1.54) is 17.6 Å². The number of hydrogen-bond donors (Lipinski definition) is 1. The van der Waals surface area contributed by atoms with Crippen molar-refractivity contribution >= 4 is 37.9 Å². The van der Waals surface area contributed by atoms with E-state index in [-0.39, 0.29) is 29.0 Å². The van der Waals surface area contributed by atoms with Crippen LogP contribution in [-0.2, 0) is 27.5 Å². The van der Waals surface area contributed by atoms with Gasteiger partial charge in [-0.05, 0) is 49.3 Å². The number of carbonyl (C=O) groups is 2. The second kappa shape index (κ2) is 6.91. The van der Waals surface area contributed by atoms with Crippen molar-refractivity contribution in [1.29, 1.82) is 0 Å². The highest BCUT2D eigenvalue weighted by Gasteiger charge is 2.35. The van der Waals surface area contributed by atoms with Crippen molar-refractivity contribution in [2.75, 3.05) is 16.8 Å². The third kappa shape index (κ3) is 3.60. The van der Waals surface area contributed by atoms with Crippen LogP contribution in [0.2, 0.25) is 0 Å². The van der Waals surface area contributed by atoms with Gasteiger partial charge in [-0.2, -0.15) is 0 Å². The summed E-state index contributed by atoms with van der Waals surface area (Å²) in [6.07, 6.45) is 4.46. The molecule has 1 saturated heterocycles. The zero-order valence-corrected chi connectivity index (χ0v) is 16.6. The van der Waals surface area contributed by atoms with Crippen LogP contribution in [0.1, 0.15) is 46.3 Å². The van der Waals surface area contributed by atoms with E-state index in [4.69, 9.17) is 4.42 Å². The molecular formula is C19H21NO5S2. The fraction of sp³-hybridized carbons (Fsp3) is 0.474. The Kier molecular flexibility index (Phi) is 4.71. The third-order valence-electron chi connectivity index (χ3n) is 5.32. The van der Waals surface area contributed by atoms with E-state index in [1.54, 1.807) is 12.1 Å². The molecule has 8 heteroatoms. The molecule has 3 heterocycles. The number of thiophene rings is 1. The monoisotopic (exact) mass is 407 g/mol. The molecule has 6 nitrogen and oxygen atoms in total. The molecule has 1 aliphatic heterocycles. The van der Waals surface area contributed by atoms with Crippen molar-refractivity contribution in [2.24, 2.45) is 11.8 Å². The van der Waals surface area contributed by atoms with E-state index in [1.807, 2.05) is 0 Å². The Morgan fingerprint density at radius 1 is 1.30 bits per heavy atom. The molecule has 144 valence electrons. The van der Waals surface area contributed by atoms with E-state index in [9.17, 15) is 18.0 Å². The van der Waals surface area contributed by atoms with Gasteiger partial charge in [0.25, 0.3) is 0 Å². The third-order valence-corrected chi connectivity index (χ3v) is 8.26. The lowest BCUT2D eigenvalue weighted by Gasteiger charge is -2.18. The molecule has 0 radical (unpaired) electrons. The number of carbonyl (C=O) groups excluding carboxylic acids is 2. The second-order valence-electron chi connectivity index (χ2n) is 7.45. The summed E-state index contributed by atoms with van der Waals surface area (Å²) in [5.74, 6) is -0.416. The molecule has 1 aliphatic carbocycles. The summed E-state index contributed by atoms with van der Waals surface area (Å²) in [5, 5.41) is 3.38. The molecule has 0 bridgehead atoms. The molecule has 0 aromatic carbocycles. The van der Waals surface area contributed by atoms with E-state index >= 15 is 0 Å². The van der Waals surface area contributed by atoms with Crippen molar-refractivity contribution in [3.63, 3.8) is 0 Å². The fourth-order valence-electron chi connectivity index (χ4n) is 3.83. The first-order valence-electron chi connectivity index (χ1n) is 9.08. The summed E-state index contributed by atoms with van der Waals surface area (Å²) in [7, 11) is -3.14. The minimum absolute atomic E-state index is 0.0434. The molecule has 2 unspecified atom stereocenters. The smallest absolute Gasteiger partial charge is 0.231 e. The maximum atomic E-state index is 13.0. The maximum Gasteiger partial charge on any atom is 0.231 e. The van der Waals surface area contributed by atoms with Gasteiger partial charge in [0, 0.05) is 4.88 Å². The molecule has 2 atom stereocenters. The number of anilines is 1. The van der Waals surface area contributed by atoms with E-state index < -0.39 is 15.8 Å². The number of sulfone groups is 1. The highest BCUT2D eigenvalue weighted by Crippen LogP contribution is 2.41. The Morgan fingerprint density at radius 3 is 2.78 bits per heavy atom. The maximum absolute atomic E-state index is 13.0. The van der Waals surface area contributed by atoms with Crippen molar-refractivity contribution < 1.29 is 22.4 Å². The lowest BCUT2D eigenvalue weighted by molar-refractivity contribution is -0.119. The van der Waals surface area contributed by atoms with Gasteiger partial charge < -0.3 is 9.73 Å². The summed E-state index contributed by atoms with van der Waals surface area (Å²) in [6.45, 7) is 2.18. The molecule has 2 aliphatic rings. The van der Waals surface area contributed by atoms with Crippen LogP contribution >= 0.6 is 11.3 Å². The normalized spacial score (nSPS) is 23.7. The Balaban J connectivity index is 1.67. The summed E-state index contributed by atoms with van der Waals surface area (Å²) in [6, 6.07) is 3.28. The van der Waals surface area contributed by atoms with Crippen molar-refractivity contribution in [3.8, 4) is 0 Å². The Bertz CT molecular complexity index is 988. The molecule has 27 heavy (non-hydrogen) atoms. The summed E-state index contributed by atoms with van der Waals surface area (Å²) in [4.78, 5) is 26.8. The SMILES string of the molecule is CC1CCc2c(sc(NC(=O)C3CCS(=O)(=O)C3)c2C(=O)c2ccco2)C1. The molecule has 1 fully saturated rings. The lowest BCUT2D eigenvalue weighted by atomic mass is 9.87. The number of hydrogen-bond acceptors (Lipinski definition) is 6. The largest absolute Gasteiger partial charge is 0.461 e. The number of nitrogens with one attached hydrogen (secondary N) is 1. The lowest BCUT2D eigenvalue weighted by Crippen LogP contribution is -2.24. The average molecular weight is 408 g/mol. The van der Waals surface area contributed by atoms with Gasteiger partial charge in [-0.25, -0.2) is 8.42 Å². The van der Waals surface area contributed by atoms with Crippen LogP contribution in [0.4, 0.5) is 5.00 Å². The zero-order valence-electron chi connectivity index (χ0n) is 15.0. The quantitative estimate of drug-likeness (QED) is 0.786. The van der Waals surface area contributed by atoms with E-state index in [0.717, 1.165) is 29.7 Å². The van der Waals surface area contributed by atoms with Gasteiger partial charge in [0.1, 0.15) is 5.00 Å². The summed E-state index contributed by atoms with van der Waals surface area (Å²) >= 11 is 1.43. The first-order chi connectivity index (χ1) is 12.8. The number of rotatable bonds is 4. The predicted octanol–water partition coefficient (Wildman–Crippen LogP) is 3.07. The van der Waals surface area contributed by atoms with Gasteiger partial charge in [-0.3, -0.25) is 9.59 Å². The van der Waals surface area contributed by atoms with Crippen LogP contribution < -0.4 is 5.32 Å². The molecule has 0 saturated carbocycles. The highest BCUT2D eigenvalue weighted by molar-refractivity contribution is 7.91. The molecule has 2 aromatic rings. The van der Waals surface area contributed by atoms with Gasteiger partial charge >= 0.3 is 0 Å². The first-order valence-corrected chi connectivity index (χ1v) is 11.7. The van der Waals surface area contributed by atoms with E-state index in [0.29, 0.717) is 22.9 Å². The van der Waals surface area contributed by atoms with Gasteiger partial charge in [0.2, 0.25) is 11.7 Å². The van der Waals surface area contributed by atoms with Crippen LogP contribution in [0.25, 0.3) is 0 Å². The molecular weight excluding hydrogens is 386 g/mol. The molecule has 1 N–H and O–H groups in total. The van der Waals surface area contributed by atoms with Crippen molar-refractivity contribution in [2.45, 2.75) is 32.6 Å². The minimum Gasteiger partial charge on any atom is -0.461 e. The van der Waals surface area contributed by atoms with Crippen LogP contribution in [0, 0.1) is 11.8 Å². The van der Waals surface area contributed by atoms with Gasteiger partial charge in [-0.15, -0.1) is 11.3 Å². The number of ketones is 1. The van der Waals surface area contributed by atoms with Crippen molar-refractivity contribution in [1.82, 2.24) is 0 Å². The van der Waals surface area contributed by atoms with Crippen LogP contribution in [0.15, 0.2) is 22.8 Å². The van der Waals surface area contributed by atoms with Gasteiger partial charge in [0.15, 0.2) is 15.6 Å². The molecule has 1 amide bonds. The van der Waals surface area contributed by atoms with Crippen LogP contribution in [0.3, 0.4) is 0 Å². The van der Waals surface area contributed by atoms with Crippen molar-refractivity contribution in [3.05, 3.63) is 40.2 Å². The number of amides is 1. The fourth-order valence-corrected chi connectivity index (χ4v) is 6.98. The number of furan rings is 1. The molecule has 4 rings (SSSR count). The number of fused-ring (bicyclic) bond motifs is 1. The minimum atomic E-state index is -3.14. The van der Waals surface area contributed by atoms with Gasteiger partial charge in [0.05, 0.1) is 29.3 Å². The molecule has 2 aromatic heterocycles. The Labute approximate surface area is 161 Å². The van der Waals surface area contributed by atoms with E-state index in [2.05, 4.69) is 12.2 Å². The predicted molar refractivity (Wildman–Crippen MR) is 103 cm³/mol.